The molecule has 3 rings (SSSR count). The number of hydrogen-bond acceptors (Lipinski definition) is 3. The van der Waals surface area contributed by atoms with Gasteiger partial charge in [0.2, 0.25) is 0 Å². The number of anilines is 1. The summed E-state index contributed by atoms with van der Waals surface area (Å²) in [4.78, 5) is 3.22. The molecule has 1 atom stereocenters. The van der Waals surface area contributed by atoms with Crippen LogP contribution in [0.3, 0.4) is 0 Å². The molecule has 0 aromatic heterocycles. The molecule has 2 aromatic rings. The summed E-state index contributed by atoms with van der Waals surface area (Å²) in [7, 11) is 0. The second-order valence-electron chi connectivity index (χ2n) is 4.93. The Morgan fingerprint density at radius 1 is 1.30 bits per heavy atom. The Balaban J connectivity index is 0.00000192. The number of halogens is 2. The lowest BCUT2D eigenvalue weighted by atomic mass is 10.1. The zero-order valence-electron chi connectivity index (χ0n) is 12.5. The molecule has 23 heavy (non-hydrogen) atoms. The first-order chi connectivity index (χ1) is 10.7. The van der Waals surface area contributed by atoms with Gasteiger partial charge in [0.1, 0.15) is 12.3 Å². The van der Waals surface area contributed by atoms with Gasteiger partial charge in [-0.25, -0.2) is 0 Å². The number of amidine groups is 1. The summed E-state index contributed by atoms with van der Waals surface area (Å²) in [6.07, 6.45) is 1.94. The average Bonchev–Trinajstić information content (AvgIpc) is 2.68. The smallest absolute Gasteiger partial charge is 0.301 e. The van der Waals surface area contributed by atoms with Crippen LogP contribution in [0.25, 0.3) is 0 Å². The predicted octanol–water partition coefficient (Wildman–Crippen LogP) is 2.98. The predicted molar refractivity (Wildman–Crippen MR) is 108 cm³/mol. The van der Waals surface area contributed by atoms with Crippen molar-refractivity contribution in [2.24, 2.45) is 5.73 Å². The minimum atomic E-state index is 0. The highest BCUT2D eigenvalue weighted by atomic mass is 127. The number of rotatable bonds is 2. The second-order valence-corrected chi connectivity index (χ2v) is 6.21. The molecule has 0 amide bonds. The number of para-hydroxylation sites is 1. The highest BCUT2D eigenvalue weighted by Gasteiger charge is 2.23. The zero-order valence-corrected chi connectivity index (χ0v) is 16.4. The quantitative estimate of drug-likeness (QED) is 0.365. The van der Waals surface area contributed by atoms with E-state index in [-0.39, 0.29) is 30.0 Å². The van der Waals surface area contributed by atoms with Crippen molar-refractivity contribution in [3.05, 3.63) is 53.1 Å². The summed E-state index contributed by atoms with van der Waals surface area (Å²) in [6, 6.07) is 13.6. The molecule has 0 radical (unpaired) electrons. The minimum absolute atomic E-state index is 0. The second kappa shape index (κ2) is 8.12. The van der Waals surface area contributed by atoms with E-state index in [9.17, 15) is 0 Å². The Bertz CT molecular complexity index is 726. The third kappa shape index (κ3) is 4.24. The number of nitrogens with one attached hydrogen (secondary N) is 2. The molecular formula is C16H18ClIN3OS+. The molecule has 1 aliphatic rings. The molecule has 0 bridgehead atoms. The van der Waals surface area contributed by atoms with E-state index in [2.05, 4.69) is 16.4 Å². The van der Waals surface area contributed by atoms with Gasteiger partial charge in [-0.2, -0.15) is 0 Å². The van der Waals surface area contributed by atoms with Crippen molar-refractivity contribution in [3.8, 4) is 11.5 Å². The van der Waals surface area contributed by atoms with Gasteiger partial charge in [0.25, 0.3) is 0 Å². The summed E-state index contributed by atoms with van der Waals surface area (Å²) in [5.41, 5.74) is 7.81. The van der Waals surface area contributed by atoms with Crippen molar-refractivity contribution in [2.75, 3.05) is 18.1 Å². The van der Waals surface area contributed by atoms with E-state index in [1.54, 1.807) is 0 Å². The average molecular weight is 463 g/mol. The van der Waals surface area contributed by atoms with E-state index in [0.29, 0.717) is 16.7 Å². The van der Waals surface area contributed by atoms with Crippen LogP contribution in [-0.2, 0) is 0 Å². The Morgan fingerprint density at radius 3 is 2.87 bits per heavy atom. The van der Waals surface area contributed by atoms with Crippen LogP contribution in [0.5, 0.6) is 11.5 Å². The van der Waals surface area contributed by atoms with Crippen LogP contribution in [0.15, 0.2) is 42.5 Å². The third-order valence-electron chi connectivity index (χ3n) is 3.49. The lowest BCUT2D eigenvalue weighted by molar-refractivity contribution is -0.457. The summed E-state index contributed by atoms with van der Waals surface area (Å²) < 4.78 is 6.03. The van der Waals surface area contributed by atoms with E-state index in [0.717, 1.165) is 22.7 Å². The number of ether oxygens (including phenoxy) is 1. The number of hydrogen-bond donors (Lipinski definition) is 3. The van der Waals surface area contributed by atoms with Crippen LogP contribution in [0.2, 0.25) is 5.02 Å². The highest BCUT2D eigenvalue weighted by Crippen LogP contribution is 2.40. The normalized spacial score (nSPS) is 16.1. The fourth-order valence-electron chi connectivity index (χ4n) is 2.39. The molecule has 0 saturated heterocycles. The molecule has 1 heterocycles. The molecule has 1 unspecified atom stereocenters. The molecule has 4 N–H and O–H groups in total. The van der Waals surface area contributed by atoms with Crippen LogP contribution >= 0.6 is 47.3 Å². The van der Waals surface area contributed by atoms with Crippen molar-refractivity contribution in [1.82, 2.24) is 0 Å². The van der Waals surface area contributed by atoms with Crippen LogP contribution in [-0.4, -0.2) is 18.0 Å². The summed E-state index contributed by atoms with van der Waals surface area (Å²) >= 11 is 7.59. The van der Waals surface area contributed by atoms with E-state index in [1.165, 1.54) is 11.8 Å². The first-order valence-corrected chi connectivity index (χ1v) is 8.51. The van der Waals surface area contributed by atoms with Crippen molar-refractivity contribution in [3.63, 3.8) is 0 Å². The van der Waals surface area contributed by atoms with Crippen LogP contribution in [0.4, 0.5) is 5.69 Å². The van der Waals surface area contributed by atoms with E-state index >= 15 is 0 Å². The molecule has 0 spiro atoms. The van der Waals surface area contributed by atoms with Crippen LogP contribution in [0, 0.1) is 0 Å². The fourth-order valence-corrected chi connectivity index (χ4v) is 2.78. The van der Waals surface area contributed by atoms with Gasteiger partial charge in [-0.05, 0) is 42.3 Å². The first kappa shape index (κ1) is 18.2. The highest BCUT2D eigenvalue weighted by molar-refractivity contribution is 14.0. The van der Waals surface area contributed by atoms with Crippen molar-refractivity contribution < 1.29 is 9.73 Å². The Kier molecular flexibility index (Phi) is 6.43. The van der Waals surface area contributed by atoms with Gasteiger partial charge in [-0.3, -0.25) is 10.7 Å². The molecule has 122 valence electrons. The van der Waals surface area contributed by atoms with Crippen molar-refractivity contribution in [1.29, 1.82) is 0 Å². The number of benzene rings is 2. The van der Waals surface area contributed by atoms with E-state index < -0.39 is 0 Å². The molecule has 7 heteroatoms. The Hall–Kier alpha value is -1.12. The van der Waals surface area contributed by atoms with Gasteiger partial charge in [-0.1, -0.05) is 29.8 Å². The largest absolute Gasteiger partial charge is 0.455 e. The lowest BCUT2D eigenvalue weighted by Gasteiger charge is -2.16. The fraction of sp³-hybridized carbons (Fsp3) is 0.188. The molecule has 2 aromatic carbocycles. The van der Waals surface area contributed by atoms with E-state index in [4.69, 9.17) is 22.1 Å². The van der Waals surface area contributed by atoms with Crippen molar-refractivity contribution >= 4 is 58.2 Å². The maximum absolute atomic E-state index is 6.10. The maximum atomic E-state index is 6.10. The number of thioether (sulfide) groups is 1. The lowest BCUT2D eigenvalue weighted by Crippen LogP contribution is -2.76. The molecule has 0 aliphatic carbocycles. The van der Waals surface area contributed by atoms with Crippen LogP contribution in [0.1, 0.15) is 11.6 Å². The van der Waals surface area contributed by atoms with Gasteiger partial charge in [0.05, 0.1) is 11.7 Å². The third-order valence-corrected chi connectivity index (χ3v) is 4.31. The molecule has 4 nitrogen and oxygen atoms in total. The first-order valence-electron chi connectivity index (χ1n) is 6.90. The summed E-state index contributed by atoms with van der Waals surface area (Å²) in [5.74, 6) is 1.60. The molecule has 0 fully saturated rings. The van der Waals surface area contributed by atoms with Gasteiger partial charge < -0.3 is 10.1 Å². The Morgan fingerprint density at radius 2 is 2.09 bits per heavy atom. The van der Waals surface area contributed by atoms with Gasteiger partial charge in [0, 0.05) is 10.6 Å². The summed E-state index contributed by atoms with van der Waals surface area (Å²) in [5, 5.41) is 4.85. The topological polar surface area (TPSA) is 61.2 Å². The van der Waals surface area contributed by atoms with Crippen molar-refractivity contribution in [2.45, 2.75) is 6.04 Å². The van der Waals surface area contributed by atoms with Gasteiger partial charge in [-0.15, -0.1) is 24.0 Å². The van der Waals surface area contributed by atoms with Crippen LogP contribution < -0.4 is 20.8 Å². The maximum Gasteiger partial charge on any atom is 0.301 e. The number of nitrogens with two attached hydrogens (primary N) is 1. The minimum Gasteiger partial charge on any atom is -0.455 e. The zero-order chi connectivity index (χ0) is 15.5. The van der Waals surface area contributed by atoms with E-state index in [1.807, 2.05) is 42.7 Å². The molecule has 1 aliphatic heterocycles. The Labute approximate surface area is 161 Å². The molecule has 0 saturated carbocycles. The monoisotopic (exact) mass is 462 g/mol. The SMILES string of the molecule is CSC(N)=[NH+]CC1Nc2cc(Cl)ccc2Oc2ccccc21.I. The van der Waals surface area contributed by atoms with Gasteiger partial charge >= 0.3 is 5.17 Å². The summed E-state index contributed by atoms with van der Waals surface area (Å²) in [6.45, 7) is 0.652. The standard InChI is InChI=1S/C16H16ClN3OS.HI/c1-22-16(18)19-9-13-11-4-2-3-5-14(11)21-15-7-6-10(17)8-12(15)20-13;/h2-8,13,20H,9H2,1H3,(H2,18,19);1H/p+1. The number of fused-ring (bicyclic) bond motifs is 2. The van der Waals surface area contributed by atoms with Gasteiger partial charge in [0.15, 0.2) is 5.75 Å². The molecular weight excluding hydrogens is 445 g/mol.